The van der Waals surface area contributed by atoms with Crippen LogP contribution < -0.4 is 20.1 Å². The van der Waals surface area contributed by atoms with Gasteiger partial charge in [0.1, 0.15) is 10.5 Å². The van der Waals surface area contributed by atoms with E-state index in [1.807, 2.05) is 12.1 Å². The van der Waals surface area contributed by atoms with Crippen molar-refractivity contribution in [3.8, 4) is 11.5 Å². The maximum Gasteiger partial charge on any atom is 0.507 e. The average Bonchev–Trinajstić information content (AvgIpc) is 3.42. The van der Waals surface area contributed by atoms with Gasteiger partial charge in [-0.05, 0) is 41.3 Å². The van der Waals surface area contributed by atoms with Crippen molar-refractivity contribution < 1.29 is 31.8 Å². The van der Waals surface area contributed by atoms with Crippen LogP contribution in [0.25, 0.3) is 11.0 Å². The number of thiophene rings is 1. The number of alkyl halides is 4. The summed E-state index contributed by atoms with van der Waals surface area (Å²) in [5, 5.41) is 8.44. The molecule has 4 aromatic rings. The molecule has 0 saturated heterocycles. The number of H-pyrrole nitrogens is 1. The summed E-state index contributed by atoms with van der Waals surface area (Å²) >= 11 is 1.18. The van der Waals surface area contributed by atoms with Crippen molar-refractivity contribution >= 4 is 39.7 Å². The number of ether oxygens (including phenoxy) is 2. The number of fused-ring (bicyclic) bond motifs is 2. The van der Waals surface area contributed by atoms with E-state index < -0.39 is 29.6 Å². The van der Waals surface area contributed by atoms with Gasteiger partial charge >= 0.3 is 12.2 Å². The van der Waals surface area contributed by atoms with Crippen LogP contribution in [-0.2, 0) is 6.54 Å². The van der Waals surface area contributed by atoms with Crippen LogP contribution in [-0.4, -0.2) is 28.1 Å². The molecule has 1 aliphatic rings. The van der Waals surface area contributed by atoms with Crippen LogP contribution >= 0.6 is 11.3 Å². The summed E-state index contributed by atoms with van der Waals surface area (Å²) < 4.78 is 61.6. The van der Waals surface area contributed by atoms with Crippen LogP contribution in [0.1, 0.15) is 15.2 Å². The van der Waals surface area contributed by atoms with E-state index in [0.29, 0.717) is 17.1 Å². The second kappa shape index (κ2) is 7.66. The first-order valence-corrected chi connectivity index (χ1v) is 10.4. The van der Waals surface area contributed by atoms with Gasteiger partial charge in [0, 0.05) is 36.1 Å². The number of aromatic nitrogens is 2. The SMILES string of the molecule is O=C(Nc1ccc2c(c1)OC(F)(F)C(F)(F)O2)c1sccc1NCc1ccnc2[nH]ccc12. The second-order valence-corrected chi connectivity index (χ2v) is 8.00. The predicted octanol–water partition coefficient (Wildman–Crippen LogP) is 5.45. The smallest absolute Gasteiger partial charge is 0.421 e. The fraction of sp³-hybridized carbons (Fsp3) is 0.143. The Kier molecular flexibility index (Phi) is 4.89. The van der Waals surface area contributed by atoms with Gasteiger partial charge in [-0.2, -0.15) is 17.6 Å². The van der Waals surface area contributed by atoms with Crippen LogP contribution in [0.15, 0.2) is 54.2 Å². The van der Waals surface area contributed by atoms with Gasteiger partial charge in [0.25, 0.3) is 5.91 Å². The summed E-state index contributed by atoms with van der Waals surface area (Å²) in [7, 11) is 0. The summed E-state index contributed by atoms with van der Waals surface area (Å²) in [5.41, 5.74) is 2.37. The van der Waals surface area contributed by atoms with Crippen molar-refractivity contribution in [3.05, 3.63) is 64.6 Å². The summed E-state index contributed by atoms with van der Waals surface area (Å²) in [4.78, 5) is 20.4. The number of hydrogen-bond acceptors (Lipinski definition) is 6. The summed E-state index contributed by atoms with van der Waals surface area (Å²) in [6.45, 7) is 0.432. The zero-order chi connectivity index (χ0) is 23.2. The third-order valence-electron chi connectivity index (χ3n) is 4.91. The van der Waals surface area contributed by atoms with Gasteiger partial charge in [0.2, 0.25) is 0 Å². The number of pyridine rings is 1. The van der Waals surface area contributed by atoms with Gasteiger partial charge in [-0.3, -0.25) is 4.79 Å². The molecule has 170 valence electrons. The highest BCUT2D eigenvalue weighted by Crippen LogP contribution is 2.47. The number of nitrogens with one attached hydrogen (secondary N) is 3. The lowest BCUT2D eigenvalue weighted by molar-refractivity contribution is -0.391. The molecule has 5 rings (SSSR count). The Balaban J connectivity index is 1.31. The van der Waals surface area contributed by atoms with E-state index >= 15 is 0 Å². The van der Waals surface area contributed by atoms with Gasteiger partial charge in [0.15, 0.2) is 11.5 Å². The minimum atomic E-state index is -4.84. The Morgan fingerprint density at radius 1 is 1.06 bits per heavy atom. The van der Waals surface area contributed by atoms with E-state index in [0.717, 1.165) is 28.7 Å². The second-order valence-electron chi connectivity index (χ2n) is 7.08. The molecule has 1 amide bonds. The molecule has 0 aliphatic carbocycles. The number of rotatable bonds is 5. The minimum Gasteiger partial charge on any atom is -0.421 e. The Bertz CT molecular complexity index is 1350. The van der Waals surface area contributed by atoms with Crippen LogP contribution in [0.3, 0.4) is 0 Å². The lowest BCUT2D eigenvalue weighted by atomic mass is 10.2. The van der Waals surface area contributed by atoms with E-state index in [1.165, 1.54) is 17.4 Å². The number of amides is 1. The number of carbonyl (C=O) groups excluding carboxylic acids is 1. The molecular formula is C21H14F4N4O3S. The number of aromatic amines is 1. The molecule has 0 bridgehead atoms. The van der Waals surface area contributed by atoms with Crippen LogP contribution in [0.4, 0.5) is 28.9 Å². The van der Waals surface area contributed by atoms with Gasteiger partial charge in [-0.1, -0.05) is 0 Å². The maximum absolute atomic E-state index is 13.4. The van der Waals surface area contributed by atoms with Crippen LogP contribution in [0.5, 0.6) is 11.5 Å². The highest BCUT2D eigenvalue weighted by molar-refractivity contribution is 7.12. The molecule has 4 heterocycles. The van der Waals surface area contributed by atoms with Crippen LogP contribution in [0.2, 0.25) is 0 Å². The number of hydrogen-bond donors (Lipinski definition) is 3. The quantitative estimate of drug-likeness (QED) is 0.332. The van der Waals surface area contributed by atoms with Gasteiger partial charge in [0.05, 0.1) is 5.69 Å². The molecule has 1 aliphatic heterocycles. The number of benzene rings is 1. The summed E-state index contributed by atoms with van der Waals surface area (Å²) in [5.74, 6) is -1.68. The zero-order valence-corrected chi connectivity index (χ0v) is 17.3. The third-order valence-corrected chi connectivity index (χ3v) is 5.82. The molecule has 0 spiro atoms. The molecule has 0 atom stereocenters. The molecular weight excluding hydrogens is 464 g/mol. The van der Waals surface area contributed by atoms with Crippen LogP contribution in [0, 0.1) is 0 Å². The van der Waals surface area contributed by atoms with E-state index in [4.69, 9.17) is 0 Å². The topological polar surface area (TPSA) is 88.3 Å². The monoisotopic (exact) mass is 478 g/mol. The molecule has 0 saturated carbocycles. The van der Waals surface area contributed by atoms with Crippen molar-refractivity contribution in [1.82, 2.24) is 9.97 Å². The molecule has 3 N–H and O–H groups in total. The van der Waals surface area contributed by atoms with Crippen molar-refractivity contribution in [1.29, 1.82) is 0 Å². The number of nitrogens with zero attached hydrogens (tertiary/aromatic N) is 1. The van der Waals surface area contributed by atoms with E-state index in [2.05, 4.69) is 30.1 Å². The molecule has 12 heteroatoms. The highest BCUT2D eigenvalue weighted by atomic mass is 32.1. The third kappa shape index (κ3) is 3.82. The Morgan fingerprint density at radius 3 is 2.67 bits per heavy atom. The largest absolute Gasteiger partial charge is 0.507 e. The number of halogens is 4. The maximum atomic E-state index is 13.4. The summed E-state index contributed by atoms with van der Waals surface area (Å²) in [6, 6.07) is 8.77. The van der Waals surface area contributed by atoms with Gasteiger partial charge in [-0.15, -0.1) is 11.3 Å². The fourth-order valence-electron chi connectivity index (χ4n) is 3.32. The van der Waals surface area contributed by atoms with Gasteiger partial charge < -0.3 is 25.1 Å². The Labute approximate surface area is 187 Å². The molecule has 3 aromatic heterocycles. The Morgan fingerprint density at radius 2 is 1.85 bits per heavy atom. The van der Waals surface area contributed by atoms with Crippen molar-refractivity contribution in [3.63, 3.8) is 0 Å². The lowest BCUT2D eigenvalue weighted by Gasteiger charge is -2.31. The molecule has 1 aromatic carbocycles. The highest BCUT2D eigenvalue weighted by Gasteiger charge is 2.65. The van der Waals surface area contributed by atoms with E-state index in [-0.39, 0.29) is 5.69 Å². The minimum absolute atomic E-state index is 0.0749. The van der Waals surface area contributed by atoms with E-state index in [1.54, 1.807) is 23.8 Å². The zero-order valence-electron chi connectivity index (χ0n) is 16.5. The lowest BCUT2D eigenvalue weighted by Crippen LogP contribution is -2.52. The first-order valence-electron chi connectivity index (χ1n) is 9.55. The molecule has 7 nitrogen and oxygen atoms in total. The molecule has 0 fully saturated rings. The van der Waals surface area contributed by atoms with Crippen molar-refractivity contribution in [2.24, 2.45) is 0 Å². The molecule has 0 radical (unpaired) electrons. The number of carbonyl (C=O) groups is 1. The first kappa shape index (κ1) is 21.1. The van der Waals surface area contributed by atoms with E-state index in [9.17, 15) is 22.4 Å². The number of anilines is 2. The normalized spacial score (nSPS) is 15.9. The molecule has 0 unspecified atom stereocenters. The Hall–Kier alpha value is -3.80. The standard InChI is InChI=1S/C21H14F4N4O3S/c22-20(23)21(24,25)32-16-9-12(1-2-15(16)31-20)29-19(30)17-14(5-8-33-17)28-10-11-3-6-26-18-13(11)4-7-27-18/h1-9,28H,10H2,(H,26,27)(H,29,30). The van der Waals surface area contributed by atoms with Crippen molar-refractivity contribution in [2.45, 2.75) is 18.8 Å². The molecule has 33 heavy (non-hydrogen) atoms. The van der Waals surface area contributed by atoms with Crippen molar-refractivity contribution in [2.75, 3.05) is 10.6 Å². The van der Waals surface area contributed by atoms with Gasteiger partial charge in [-0.25, -0.2) is 4.98 Å². The summed E-state index contributed by atoms with van der Waals surface area (Å²) in [6.07, 6.45) is -6.18. The first-order chi connectivity index (χ1) is 15.7. The fourth-order valence-corrected chi connectivity index (χ4v) is 4.09. The predicted molar refractivity (Wildman–Crippen MR) is 113 cm³/mol. The average molecular weight is 478 g/mol.